The Kier molecular flexibility index (Phi) is 3.72. The molecule has 1 aliphatic rings. The molecule has 0 unspecified atom stereocenters. The number of hydrogen-bond donors (Lipinski definition) is 1. The summed E-state index contributed by atoms with van der Waals surface area (Å²) in [6.07, 6.45) is 7.97. The second kappa shape index (κ2) is 5.27. The lowest BCUT2D eigenvalue weighted by molar-refractivity contribution is -0.104. The molecule has 0 radical (unpaired) electrons. The summed E-state index contributed by atoms with van der Waals surface area (Å²) in [5.74, 6) is 0.804. The third kappa shape index (κ3) is 3.13. The fraction of sp³-hybridized carbons (Fsp3) is 0.333. The number of carbonyl (C=O) groups is 1. The number of aldehydes is 1. The van der Waals surface area contributed by atoms with Gasteiger partial charge in [-0.05, 0) is 18.9 Å². The molecule has 1 fully saturated rings. The molecule has 2 rings (SSSR count). The van der Waals surface area contributed by atoms with Crippen LogP contribution in [-0.2, 0) is 4.79 Å². The molecule has 5 nitrogen and oxygen atoms in total. The fourth-order valence-electron chi connectivity index (χ4n) is 1.54. The predicted molar refractivity (Wildman–Crippen MR) is 71.2 cm³/mol. The largest absolute Gasteiger partial charge is 0.396 e. The molecule has 0 aromatic carbocycles. The van der Waals surface area contributed by atoms with Crippen LogP contribution in [0.15, 0.2) is 35.3 Å². The zero-order valence-corrected chi connectivity index (χ0v) is 10.8. The highest BCUT2D eigenvalue weighted by atomic mass is 35.5. The van der Waals surface area contributed by atoms with E-state index in [-0.39, 0.29) is 5.70 Å². The van der Waals surface area contributed by atoms with Gasteiger partial charge in [0.1, 0.15) is 0 Å². The second-order valence-corrected chi connectivity index (χ2v) is 4.71. The minimum atomic E-state index is 0.0909. The van der Waals surface area contributed by atoms with Crippen molar-refractivity contribution in [1.82, 2.24) is 9.78 Å². The molecule has 0 spiro atoms. The van der Waals surface area contributed by atoms with Gasteiger partial charge in [-0.2, -0.15) is 5.10 Å². The Labute approximate surface area is 111 Å². The van der Waals surface area contributed by atoms with Crippen molar-refractivity contribution in [2.45, 2.75) is 18.9 Å². The highest BCUT2D eigenvalue weighted by Crippen LogP contribution is 2.34. The van der Waals surface area contributed by atoms with Crippen LogP contribution in [0.5, 0.6) is 0 Å². The minimum absolute atomic E-state index is 0.0909. The van der Waals surface area contributed by atoms with E-state index in [1.54, 1.807) is 11.1 Å². The molecular weight excluding hydrogens is 252 g/mol. The molecule has 2 N–H and O–H groups in total. The summed E-state index contributed by atoms with van der Waals surface area (Å²) in [5.41, 5.74) is 5.46. The van der Waals surface area contributed by atoms with E-state index in [2.05, 4.69) is 5.10 Å². The summed E-state index contributed by atoms with van der Waals surface area (Å²) in [5, 5.41) is 4.82. The molecule has 0 amide bonds. The van der Waals surface area contributed by atoms with Gasteiger partial charge in [0.05, 0.1) is 16.8 Å². The molecule has 0 saturated heterocycles. The number of hydrogen-bond acceptors (Lipinski definition) is 4. The van der Waals surface area contributed by atoms with E-state index in [1.807, 2.05) is 24.0 Å². The quantitative estimate of drug-likeness (QED) is 0.501. The van der Waals surface area contributed by atoms with Gasteiger partial charge in [-0.1, -0.05) is 11.6 Å². The number of carbonyl (C=O) groups excluding carboxylic acids is 1. The summed E-state index contributed by atoms with van der Waals surface area (Å²) >= 11 is 5.95. The summed E-state index contributed by atoms with van der Waals surface area (Å²) < 4.78 is 1.96. The number of nitrogens with zero attached hydrogens (tertiary/aromatic N) is 3. The molecule has 18 heavy (non-hydrogen) atoms. The van der Waals surface area contributed by atoms with Crippen molar-refractivity contribution in [1.29, 1.82) is 0 Å². The molecule has 6 heteroatoms. The van der Waals surface area contributed by atoms with Gasteiger partial charge in [-0.15, -0.1) is 0 Å². The Morgan fingerprint density at radius 2 is 2.39 bits per heavy atom. The Hall–Kier alpha value is -1.75. The molecular formula is C12H15ClN4O. The van der Waals surface area contributed by atoms with Crippen molar-refractivity contribution >= 4 is 23.7 Å². The number of allylic oxidation sites excluding steroid dienone is 3. The molecule has 0 aliphatic heterocycles. The van der Waals surface area contributed by atoms with Gasteiger partial charge in [-0.3, -0.25) is 9.48 Å². The van der Waals surface area contributed by atoms with E-state index < -0.39 is 0 Å². The van der Waals surface area contributed by atoms with Gasteiger partial charge in [0.25, 0.3) is 0 Å². The van der Waals surface area contributed by atoms with E-state index in [0.717, 1.165) is 5.82 Å². The zero-order valence-electron chi connectivity index (χ0n) is 10.1. The van der Waals surface area contributed by atoms with E-state index in [0.29, 0.717) is 17.4 Å². The molecule has 1 saturated carbocycles. The Bertz CT molecular complexity index is 502. The third-order valence-corrected chi connectivity index (χ3v) is 2.84. The van der Waals surface area contributed by atoms with Crippen LogP contribution in [-0.4, -0.2) is 23.1 Å². The van der Waals surface area contributed by atoms with Crippen LogP contribution < -0.4 is 10.6 Å². The fourth-order valence-corrected chi connectivity index (χ4v) is 1.81. The highest BCUT2D eigenvalue weighted by Gasteiger charge is 2.24. The summed E-state index contributed by atoms with van der Waals surface area (Å²) in [7, 11) is 1.84. The molecule has 1 heterocycles. The normalized spacial score (nSPS) is 16.8. The Morgan fingerprint density at radius 1 is 1.67 bits per heavy atom. The maximum atomic E-state index is 10.4. The summed E-state index contributed by atoms with van der Waals surface area (Å²) in [6.45, 7) is 0. The molecule has 1 aromatic rings. The first-order valence-electron chi connectivity index (χ1n) is 5.68. The lowest BCUT2D eigenvalue weighted by Gasteiger charge is -2.10. The number of anilines is 1. The second-order valence-electron chi connectivity index (χ2n) is 4.27. The van der Waals surface area contributed by atoms with Gasteiger partial charge >= 0.3 is 0 Å². The van der Waals surface area contributed by atoms with Crippen LogP contribution in [0.3, 0.4) is 0 Å². The first kappa shape index (κ1) is 12.7. The standard InChI is InChI=1S/C12H15ClN4O/c1-16(7-9(13)6-10(14)8-18)12-4-5-17(15-12)11-2-3-11/h4-8,11H,2-3,14H2,1H3/b9-7+,10-6+. The lowest BCUT2D eigenvalue weighted by Crippen LogP contribution is -2.10. The maximum Gasteiger partial charge on any atom is 0.165 e. The molecule has 1 aromatic heterocycles. The first-order valence-corrected chi connectivity index (χ1v) is 6.05. The SMILES string of the molecule is CN(/C=C(Cl)\C=C(\N)C=O)c1ccn(C2CC2)n1. The average Bonchev–Trinajstić information content (AvgIpc) is 3.06. The zero-order chi connectivity index (χ0) is 13.1. The van der Waals surface area contributed by atoms with Crippen LogP contribution in [0.1, 0.15) is 18.9 Å². The number of halogens is 1. The van der Waals surface area contributed by atoms with Crippen molar-refractivity contribution in [2.75, 3.05) is 11.9 Å². The monoisotopic (exact) mass is 266 g/mol. The van der Waals surface area contributed by atoms with E-state index in [4.69, 9.17) is 17.3 Å². The smallest absolute Gasteiger partial charge is 0.165 e. The van der Waals surface area contributed by atoms with Crippen LogP contribution in [0, 0.1) is 0 Å². The molecule has 0 bridgehead atoms. The molecule has 0 atom stereocenters. The highest BCUT2D eigenvalue weighted by molar-refractivity contribution is 6.31. The van der Waals surface area contributed by atoms with Crippen LogP contribution >= 0.6 is 11.6 Å². The van der Waals surface area contributed by atoms with E-state index in [9.17, 15) is 4.79 Å². The van der Waals surface area contributed by atoms with Crippen LogP contribution in [0.2, 0.25) is 0 Å². The molecule has 1 aliphatic carbocycles. The van der Waals surface area contributed by atoms with Gasteiger partial charge in [0, 0.05) is 25.5 Å². The number of nitrogens with two attached hydrogens (primary N) is 1. The lowest BCUT2D eigenvalue weighted by atomic mass is 10.4. The van der Waals surface area contributed by atoms with Gasteiger partial charge < -0.3 is 10.6 Å². The Balaban J connectivity index is 2.07. The van der Waals surface area contributed by atoms with Gasteiger partial charge in [-0.25, -0.2) is 0 Å². The van der Waals surface area contributed by atoms with Gasteiger partial charge in [0.2, 0.25) is 0 Å². The number of rotatable bonds is 5. The third-order valence-electron chi connectivity index (χ3n) is 2.63. The summed E-state index contributed by atoms with van der Waals surface area (Å²) in [4.78, 5) is 12.2. The predicted octanol–water partition coefficient (Wildman–Crippen LogP) is 1.78. The van der Waals surface area contributed by atoms with Crippen LogP contribution in [0.25, 0.3) is 0 Å². The van der Waals surface area contributed by atoms with Crippen LogP contribution in [0.4, 0.5) is 5.82 Å². The number of aromatic nitrogens is 2. The topological polar surface area (TPSA) is 64.2 Å². The minimum Gasteiger partial charge on any atom is -0.396 e. The van der Waals surface area contributed by atoms with E-state index >= 15 is 0 Å². The summed E-state index contributed by atoms with van der Waals surface area (Å²) in [6, 6.07) is 2.48. The van der Waals surface area contributed by atoms with Crippen molar-refractivity contribution in [3.8, 4) is 0 Å². The van der Waals surface area contributed by atoms with Crippen molar-refractivity contribution < 1.29 is 4.79 Å². The average molecular weight is 267 g/mol. The van der Waals surface area contributed by atoms with Crippen molar-refractivity contribution in [2.24, 2.45) is 5.73 Å². The van der Waals surface area contributed by atoms with Crippen molar-refractivity contribution in [3.05, 3.63) is 35.3 Å². The Morgan fingerprint density at radius 3 is 3.00 bits per heavy atom. The van der Waals surface area contributed by atoms with Crippen molar-refractivity contribution in [3.63, 3.8) is 0 Å². The maximum absolute atomic E-state index is 10.4. The first-order chi connectivity index (χ1) is 8.60. The van der Waals surface area contributed by atoms with E-state index in [1.165, 1.54) is 18.9 Å². The van der Waals surface area contributed by atoms with Gasteiger partial charge in [0.15, 0.2) is 12.1 Å². The molecule has 96 valence electrons.